The first-order chi connectivity index (χ1) is 10.0. The molecular weight excluding hydrogens is 268 g/mol. The largest absolute Gasteiger partial charge is 0.481 e. The van der Waals surface area contributed by atoms with Gasteiger partial charge in [-0.3, -0.25) is 14.5 Å². The first-order valence-electron chi connectivity index (χ1n) is 8.26. The van der Waals surface area contributed by atoms with Gasteiger partial charge in [0.1, 0.15) is 0 Å². The minimum Gasteiger partial charge on any atom is -0.481 e. The third-order valence-corrected chi connectivity index (χ3v) is 4.86. The summed E-state index contributed by atoms with van der Waals surface area (Å²) in [6, 6.07) is 0. The number of likely N-dealkylation sites (tertiary alicyclic amines) is 2. The van der Waals surface area contributed by atoms with Crippen LogP contribution in [0.4, 0.5) is 0 Å². The van der Waals surface area contributed by atoms with Crippen LogP contribution in [0.15, 0.2) is 0 Å². The van der Waals surface area contributed by atoms with Gasteiger partial charge in [-0.25, -0.2) is 0 Å². The molecule has 0 aromatic rings. The molecule has 0 aromatic heterocycles. The zero-order valence-corrected chi connectivity index (χ0v) is 13.1. The van der Waals surface area contributed by atoms with E-state index < -0.39 is 5.97 Å². The highest BCUT2D eigenvalue weighted by Gasteiger charge is 2.25. The van der Waals surface area contributed by atoms with Crippen LogP contribution in [0.1, 0.15) is 45.4 Å². The van der Waals surface area contributed by atoms with Crippen molar-refractivity contribution in [2.45, 2.75) is 45.4 Å². The molecule has 0 bridgehead atoms. The molecule has 21 heavy (non-hydrogen) atoms. The fraction of sp³-hybridized carbons (Fsp3) is 0.875. The third kappa shape index (κ3) is 5.30. The van der Waals surface area contributed by atoms with Gasteiger partial charge in [-0.15, -0.1) is 0 Å². The molecule has 2 saturated heterocycles. The van der Waals surface area contributed by atoms with Crippen LogP contribution in [-0.2, 0) is 9.59 Å². The fourth-order valence-electron chi connectivity index (χ4n) is 3.41. The fourth-order valence-corrected chi connectivity index (χ4v) is 3.41. The number of hydrogen-bond acceptors (Lipinski definition) is 3. The quantitative estimate of drug-likeness (QED) is 0.840. The number of carboxylic acid groups (broad SMARTS) is 1. The van der Waals surface area contributed by atoms with Crippen molar-refractivity contribution in [3.63, 3.8) is 0 Å². The molecule has 1 amide bonds. The van der Waals surface area contributed by atoms with Gasteiger partial charge in [-0.1, -0.05) is 6.92 Å². The van der Waals surface area contributed by atoms with Crippen molar-refractivity contribution in [1.82, 2.24) is 9.80 Å². The second kappa shape index (κ2) is 7.78. The van der Waals surface area contributed by atoms with Crippen molar-refractivity contribution in [3.8, 4) is 0 Å². The molecule has 0 spiro atoms. The summed E-state index contributed by atoms with van der Waals surface area (Å²) in [4.78, 5) is 27.2. The number of carboxylic acids is 1. The van der Waals surface area contributed by atoms with Gasteiger partial charge in [-0.05, 0) is 50.5 Å². The number of carbonyl (C=O) groups excluding carboxylic acids is 1. The predicted octanol–water partition coefficient (Wildman–Crippen LogP) is 1.82. The summed E-state index contributed by atoms with van der Waals surface area (Å²) in [5.41, 5.74) is 0. The van der Waals surface area contributed by atoms with Crippen LogP contribution in [0.25, 0.3) is 0 Å². The lowest BCUT2D eigenvalue weighted by molar-refractivity contribution is -0.138. The van der Waals surface area contributed by atoms with Crippen LogP contribution in [-0.4, -0.2) is 59.5 Å². The first kappa shape index (κ1) is 16.3. The second-order valence-corrected chi connectivity index (χ2v) is 6.74. The van der Waals surface area contributed by atoms with Crippen LogP contribution < -0.4 is 0 Å². The lowest BCUT2D eigenvalue weighted by Crippen LogP contribution is -2.46. The van der Waals surface area contributed by atoms with E-state index in [4.69, 9.17) is 5.11 Å². The molecule has 1 N–H and O–H groups in total. The normalized spacial score (nSPS) is 25.0. The monoisotopic (exact) mass is 296 g/mol. The average molecular weight is 296 g/mol. The van der Waals surface area contributed by atoms with Gasteiger partial charge >= 0.3 is 5.97 Å². The third-order valence-electron chi connectivity index (χ3n) is 4.86. The van der Waals surface area contributed by atoms with Crippen molar-refractivity contribution in [3.05, 3.63) is 0 Å². The van der Waals surface area contributed by atoms with E-state index in [0.29, 0.717) is 12.5 Å². The molecular formula is C16H28N2O3. The van der Waals surface area contributed by atoms with Gasteiger partial charge in [0.25, 0.3) is 0 Å². The van der Waals surface area contributed by atoms with Crippen LogP contribution >= 0.6 is 0 Å². The Morgan fingerprint density at radius 2 is 1.86 bits per heavy atom. The summed E-state index contributed by atoms with van der Waals surface area (Å²) in [5, 5.41) is 8.77. The Kier molecular flexibility index (Phi) is 6.03. The molecule has 2 fully saturated rings. The summed E-state index contributed by atoms with van der Waals surface area (Å²) in [7, 11) is 0. The molecule has 0 radical (unpaired) electrons. The molecule has 2 aliphatic heterocycles. The molecule has 2 heterocycles. The summed E-state index contributed by atoms with van der Waals surface area (Å²) in [6.45, 7) is 6.41. The summed E-state index contributed by atoms with van der Waals surface area (Å²) >= 11 is 0. The van der Waals surface area contributed by atoms with E-state index in [1.807, 2.05) is 4.90 Å². The van der Waals surface area contributed by atoms with Crippen LogP contribution in [0.5, 0.6) is 0 Å². The van der Waals surface area contributed by atoms with E-state index in [2.05, 4.69) is 11.8 Å². The lowest BCUT2D eigenvalue weighted by atomic mass is 9.93. The summed E-state index contributed by atoms with van der Waals surface area (Å²) < 4.78 is 0. The van der Waals surface area contributed by atoms with Crippen LogP contribution in [0.3, 0.4) is 0 Å². The van der Waals surface area contributed by atoms with Crippen molar-refractivity contribution in [2.75, 3.05) is 32.7 Å². The van der Waals surface area contributed by atoms with Gasteiger partial charge in [0.2, 0.25) is 5.91 Å². The molecule has 0 saturated carbocycles. The van der Waals surface area contributed by atoms with E-state index in [9.17, 15) is 9.59 Å². The Bertz CT molecular complexity index is 365. The molecule has 1 atom stereocenters. The molecule has 0 aliphatic carbocycles. The van der Waals surface area contributed by atoms with E-state index >= 15 is 0 Å². The van der Waals surface area contributed by atoms with Crippen molar-refractivity contribution in [2.24, 2.45) is 11.8 Å². The number of carbonyl (C=O) groups is 2. The zero-order valence-electron chi connectivity index (χ0n) is 13.1. The minimum absolute atomic E-state index is 0.246. The molecule has 2 aliphatic rings. The predicted molar refractivity (Wildman–Crippen MR) is 81.0 cm³/mol. The number of nitrogens with zero attached hydrogens (tertiary/aromatic N) is 2. The summed E-state index contributed by atoms with van der Waals surface area (Å²) in [5.74, 6) is 0.708. The number of piperidine rings is 2. The molecule has 2 rings (SSSR count). The highest BCUT2D eigenvalue weighted by molar-refractivity contribution is 5.78. The van der Waals surface area contributed by atoms with E-state index in [-0.39, 0.29) is 12.3 Å². The molecule has 5 nitrogen and oxygen atoms in total. The van der Waals surface area contributed by atoms with Crippen molar-refractivity contribution < 1.29 is 14.7 Å². The Morgan fingerprint density at radius 3 is 2.52 bits per heavy atom. The standard InChI is InChI=1S/C16H28N2O3/c1-13-6-9-18(10-7-13)15(19)12-17-8-2-3-14(11-17)4-5-16(20)21/h13-14H,2-12H2,1H3,(H,20,21). The molecule has 0 aromatic carbocycles. The zero-order chi connectivity index (χ0) is 15.2. The molecule has 1 unspecified atom stereocenters. The Hall–Kier alpha value is -1.10. The highest BCUT2D eigenvalue weighted by atomic mass is 16.4. The summed E-state index contributed by atoms with van der Waals surface area (Å²) in [6.07, 6.45) is 5.39. The first-order valence-corrected chi connectivity index (χ1v) is 8.26. The Labute approximate surface area is 127 Å². The van der Waals surface area contributed by atoms with Gasteiger partial charge in [-0.2, -0.15) is 0 Å². The SMILES string of the molecule is CC1CCN(C(=O)CN2CCCC(CCC(=O)O)C2)CC1. The molecule has 5 heteroatoms. The van der Waals surface area contributed by atoms with E-state index in [1.54, 1.807) is 0 Å². The maximum Gasteiger partial charge on any atom is 0.303 e. The number of amides is 1. The van der Waals surface area contributed by atoms with Gasteiger partial charge < -0.3 is 10.0 Å². The average Bonchev–Trinajstić information content (AvgIpc) is 2.46. The topological polar surface area (TPSA) is 60.9 Å². The lowest BCUT2D eigenvalue weighted by Gasteiger charge is -2.35. The number of hydrogen-bond donors (Lipinski definition) is 1. The Balaban J connectivity index is 1.74. The minimum atomic E-state index is -0.717. The van der Waals surface area contributed by atoms with Crippen LogP contribution in [0, 0.1) is 11.8 Å². The Morgan fingerprint density at radius 1 is 1.14 bits per heavy atom. The number of rotatable bonds is 5. The van der Waals surface area contributed by atoms with Crippen molar-refractivity contribution in [1.29, 1.82) is 0 Å². The van der Waals surface area contributed by atoms with Gasteiger partial charge in [0.05, 0.1) is 6.54 Å². The second-order valence-electron chi connectivity index (χ2n) is 6.74. The highest BCUT2D eigenvalue weighted by Crippen LogP contribution is 2.21. The maximum atomic E-state index is 12.3. The van der Waals surface area contributed by atoms with E-state index in [1.165, 1.54) is 0 Å². The van der Waals surface area contributed by atoms with Crippen LogP contribution in [0.2, 0.25) is 0 Å². The number of aliphatic carboxylic acids is 1. The molecule has 120 valence electrons. The maximum absolute atomic E-state index is 12.3. The van der Waals surface area contributed by atoms with Crippen molar-refractivity contribution >= 4 is 11.9 Å². The van der Waals surface area contributed by atoms with E-state index in [0.717, 1.165) is 64.2 Å². The van der Waals surface area contributed by atoms with Gasteiger partial charge in [0.15, 0.2) is 0 Å². The van der Waals surface area contributed by atoms with Gasteiger partial charge in [0, 0.05) is 26.1 Å². The smallest absolute Gasteiger partial charge is 0.303 e.